The molecule has 2 heterocycles. The van der Waals surface area contributed by atoms with Gasteiger partial charge >= 0.3 is 6.18 Å². The number of amides is 2. The van der Waals surface area contributed by atoms with Crippen LogP contribution in [0.5, 0.6) is 5.75 Å². The first-order chi connectivity index (χ1) is 16.2. The molecule has 190 valence electrons. The molecule has 0 unspecified atom stereocenters. The van der Waals surface area contributed by atoms with Crippen LogP contribution in [-0.4, -0.2) is 41.8 Å². The van der Waals surface area contributed by atoms with Gasteiger partial charge < -0.3 is 20.5 Å². The van der Waals surface area contributed by atoms with E-state index < -0.39 is 65.1 Å². The van der Waals surface area contributed by atoms with Crippen molar-refractivity contribution in [2.75, 3.05) is 12.4 Å². The summed E-state index contributed by atoms with van der Waals surface area (Å²) >= 11 is 0. The van der Waals surface area contributed by atoms with E-state index in [1.807, 2.05) is 0 Å². The molecule has 13 heteroatoms. The zero-order chi connectivity index (χ0) is 26.3. The molecule has 1 aromatic heterocycles. The number of ether oxygens (including phenoxy) is 2. The minimum atomic E-state index is -4.94. The van der Waals surface area contributed by atoms with Crippen LogP contribution >= 0.6 is 0 Å². The highest BCUT2D eigenvalue weighted by molar-refractivity contribution is 5.97. The van der Waals surface area contributed by atoms with E-state index in [2.05, 4.69) is 10.3 Å². The molecular weight excluding hydrogens is 484 g/mol. The molecule has 1 aromatic carbocycles. The lowest BCUT2D eigenvalue weighted by molar-refractivity contribution is -0.272. The van der Waals surface area contributed by atoms with Gasteiger partial charge in [-0.3, -0.25) is 14.6 Å². The minimum Gasteiger partial charge on any atom is -0.493 e. The number of hydrogen-bond donors (Lipinski definition) is 2. The molecule has 0 bridgehead atoms. The lowest BCUT2D eigenvalue weighted by Gasteiger charge is -2.32. The predicted molar refractivity (Wildman–Crippen MR) is 111 cm³/mol. The van der Waals surface area contributed by atoms with Crippen molar-refractivity contribution in [2.45, 2.75) is 44.1 Å². The van der Waals surface area contributed by atoms with Crippen molar-refractivity contribution in [2.24, 2.45) is 11.7 Å². The highest BCUT2D eigenvalue weighted by Gasteiger charge is 2.65. The minimum absolute atomic E-state index is 0.0133. The number of hydrogen-bond acceptors (Lipinski definition) is 5. The number of aromatic nitrogens is 1. The van der Waals surface area contributed by atoms with Gasteiger partial charge in [0, 0.05) is 29.3 Å². The Bertz CT molecular complexity index is 1140. The molecule has 35 heavy (non-hydrogen) atoms. The monoisotopic (exact) mass is 505 g/mol. The Balaban J connectivity index is 2.10. The molecule has 2 amide bonds. The summed E-state index contributed by atoms with van der Waals surface area (Å²) in [6.07, 6.45) is -8.84. The van der Waals surface area contributed by atoms with E-state index in [1.54, 1.807) is 0 Å². The van der Waals surface area contributed by atoms with E-state index in [4.69, 9.17) is 15.2 Å². The first kappa shape index (κ1) is 26.3. The largest absolute Gasteiger partial charge is 0.493 e. The number of nitrogens with zero attached hydrogens (tertiary/aromatic N) is 1. The fourth-order valence-electron chi connectivity index (χ4n) is 4.10. The molecule has 1 aliphatic rings. The van der Waals surface area contributed by atoms with Crippen molar-refractivity contribution in [3.05, 3.63) is 53.1 Å². The Hall–Kier alpha value is -3.35. The van der Waals surface area contributed by atoms with E-state index in [-0.39, 0.29) is 16.9 Å². The second-order valence-electron chi connectivity index (χ2n) is 8.13. The smallest absolute Gasteiger partial charge is 0.417 e. The van der Waals surface area contributed by atoms with Crippen molar-refractivity contribution in [3.63, 3.8) is 0 Å². The van der Waals surface area contributed by atoms with Gasteiger partial charge in [0.15, 0.2) is 17.2 Å². The van der Waals surface area contributed by atoms with Crippen molar-refractivity contribution in [3.8, 4) is 5.75 Å². The van der Waals surface area contributed by atoms with Gasteiger partial charge in [0.1, 0.15) is 11.8 Å². The van der Waals surface area contributed by atoms with E-state index in [1.165, 1.54) is 6.07 Å². The number of pyridine rings is 1. The zero-order valence-corrected chi connectivity index (χ0v) is 18.6. The number of primary amides is 1. The lowest BCUT2D eigenvalue weighted by Crippen LogP contribution is -2.47. The van der Waals surface area contributed by atoms with E-state index >= 15 is 0 Å². The number of methoxy groups -OCH3 is 1. The van der Waals surface area contributed by atoms with Crippen LogP contribution in [0.15, 0.2) is 30.5 Å². The number of carbonyl (C=O) groups is 2. The van der Waals surface area contributed by atoms with Crippen LogP contribution in [-0.2, 0) is 9.53 Å². The number of halogens is 6. The maximum Gasteiger partial charge on any atom is 0.417 e. The van der Waals surface area contributed by atoms with Crippen LogP contribution in [0, 0.1) is 11.7 Å². The van der Waals surface area contributed by atoms with Crippen LogP contribution in [0.3, 0.4) is 0 Å². The number of alkyl halides is 5. The maximum absolute atomic E-state index is 14.8. The summed E-state index contributed by atoms with van der Waals surface area (Å²) in [7, 11) is 0.970. The van der Waals surface area contributed by atoms with Gasteiger partial charge in [-0.05, 0) is 25.1 Å². The van der Waals surface area contributed by atoms with Crippen molar-refractivity contribution in [1.29, 1.82) is 0 Å². The third-order valence-electron chi connectivity index (χ3n) is 6.16. The van der Waals surface area contributed by atoms with Crippen LogP contribution in [0.4, 0.5) is 32.0 Å². The number of nitrogens with one attached hydrogen (secondary N) is 1. The molecule has 2 aromatic rings. The summed E-state index contributed by atoms with van der Waals surface area (Å²) in [5, 5.41) is 2.34. The topological polar surface area (TPSA) is 104 Å². The van der Waals surface area contributed by atoms with Gasteiger partial charge in [0.2, 0.25) is 0 Å². The third kappa shape index (κ3) is 4.64. The molecule has 0 radical (unpaired) electrons. The standard InChI is InChI=1S/C22H21F6N3O4/c1-9-14(11-4-5-12(18(24)25)15(23)16(11)34-3)17(35-21(9,2)22(26,27)28)20(33)31-10-6-7-30-13(8-10)19(29)32/h4-9,14,17-18H,1-3H3,(H2,29,32)(H,30,31,33)/t9-,14-,17-,21+/m1/s1. The maximum atomic E-state index is 14.8. The van der Waals surface area contributed by atoms with Gasteiger partial charge in [-0.2, -0.15) is 13.2 Å². The van der Waals surface area contributed by atoms with Crippen LogP contribution in [0.2, 0.25) is 0 Å². The fourth-order valence-corrected chi connectivity index (χ4v) is 4.10. The zero-order valence-electron chi connectivity index (χ0n) is 18.6. The molecule has 0 spiro atoms. The first-order valence-electron chi connectivity index (χ1n) is 10.2. The Morgan fingerprint density at radius 1 is 1.26 bits per heavy atom. The first-order valence-corrected chi connectivity index (χ1v) is 10.2. The predicted octanol–water partition coefficient (Wildman–Crippen LogP) is 4.34. The Morgan fingerprint density at radius 2 is 1.91 bits per heavy atom. The SMILES string of the molecule is COc1c([C@H]2[C@@H](C)[C@@](C)(C(F)(F)F)O[C@H]2C(=O)Nc2ccnc(C(N)=O)c2)ccc(C(F)F)c1F. The number of benzene rings is 1. The van der Waals surface area contributed by atoms with Crippen molar-refractivity contribution < 1.29 is 45.4 Å². The van der Waals surface area contributed by atoms with Crippen LogP contribution < -0.4 is 15.8 Å². The Labute approximate surface area is 195 Å². The molecule has 0 saturated carbocycles. The highest BCUT2D eigenvalue weighted by atomic mass is 19.4. The van der Waals surface area contributed by atoms with E-state index in [0.717, 1.165) is 45.4 Å². The highest BCUT2D eigenvalue weighted by Crippen LogP contribution is 2.55. The third-order valence-corrected chi connectivity index (χ3v) is 6.16. The molecule has 1 fully saturated rings. The number of carbonyl (C=O) groups excluding carboxylic acids is 2. The second-order valence-corrected chi connectivity index (χ2v) is 8.13. The summed E-state index contributed by atoms with van der Waals surface area (Å²) < 4.78 is 93.3. The molecule has 0 aliphatic carbocycles. The van der Waals surface area contributed by atoms with Crippen molar-refractivity contribution in [1.82, 2.24) is 4.98 Å². The lowest BCUT2D eigenvalue weighted by atomic mass is 9.76. The average Bonchev–Trinajstić information content (AvgIpc) is 3.05. The Kier molecular flexibility index (Phi) is 7.02. The van der Waals surface area contributed by atoms with Crippen molar-refractivity contribution >= 4 is 17.5 Å². The van der Waals surface area contributed by atoms with Gasteiger partial charge in [0.25, 0.3) is 18.2 Å². The number of anilines is 1. The van der Waals surface area contributed by atoms with E-state index in [9.17, 15) is 35.9 Å². The second kappa shape index (κ2) is 9.36. The van der Waals surface area contributed by atoms with E-state index in [0.29, 0.717) is 0 Å². The molecular formula is C22H21F6N3O4. The summed E-state index contributed by atoms with van der Waals surface area (Å²) in [6, 6.07) is 4.09. The van der Waals surface area contributed by atoms with Gasteiger partial charge in [-0.1, -0.05) is 13.0 Å². The number of nitrogens with two attached hydrogens (primary N) is 1. The summed E-state index contributed by atoms with van der Waals surface area (Å²) in [5.74, 6) is -7.05. The molecule has 4 atom stereocenters. The molecule has 3 rings (SSSR count). The molecule has 7 nitrogen and oxygen atoms in total. The summed E-state index contributed by atoms with van der Waals surface area (Å²) in [5.41, 5.74) is 0.816. The van der Waals surface area contributed by atoms with Crippen LogP contribution in [0.1, 0.15) is 47.8 Å². The van der Waals surface area contributed by atoms with Crippen LogP contribution in [0.25, 0.3) is 0 Å². The quantitative estimate of drug-likeness (QED) is 0.569. The molecule has 3 N–H and O–H groups in total. The Morgan fingerprint density at radius 3 is 2.46 bits per heavy atom. The normalized spacial score (nSPS) is 24.5. The van der Waals surface area contributed by atoms with Gasteiger partial charge in [-0.25, -0.2) is 13.2 Å². The fraction of sp³-hybridized carbons (Fsp3) is 0.409. The summed E-state index contributed by atoms with van der Waals surface area (Å²) in [4.78, 5) is 28.2. The number of rotatable bonds is 6. The molecule has 1 aliphatic heterocycles. The molecule has 1 saturated heterocycles. The van der Waals surface area contributed by atoms with Gasteiger partial charge in [0.05, 0.1) is 12.7 Å². The summed E-state index contributed by atoms with van der Waals surface area (Å²) in [6.45, 7) is 1.90. The van der Waals surface area contributed by atoms with Gasteiger partial charge in [-0.15, -0.1) is 0 Å². The average molecular weight is 505 g/mol.